The lowest BCUT2D eigenvalue weighted by atomic mass is 9.69. The second kappa shape index (κ2) is 9.91. The van der Waals surface area contributed by atoms with Crippen molar-refractivity contribution >= 4 is 17.6 Å². The van der Waals surface area contributed by atoms with Crippen molar-refractivity contribution in [1.29, 1.82) is 0 Å². The number of rotatable bonds is 7. The second-order valence-corrected chi connectivity index (χ2v) is 8.82. The van der Waals surface area contributed by atoms with Gasteiger partial charge in [0, 0.05) is 5.02 Å². The zero-order valence-corrected chi connectivity index (χ0v) is 17.0. The summed E-state index contributed by atoms with van der Waals surface area (Å²) < 4.78 is 18.3. The minimum absolute atomic E-state index is 0.0367. The maximum Gasteiger partial charge on any atom is 0.316 e. The molecule has 0 bridgehead atoms. The maximum atomic E-state index is 13.3. The van der Waals surface area contributed by atoms with Crippen LogP contribution in [0.4, 0.5) is 4.39 Å². The predicted octanol–water partition coefficient (Wildman–Crippen LogP) is 6.78. The summed E-state index contributed by atoms with van der Waals surface area (Å²) in [4.78, 5) is 13.3. The molecule has 0 saturated heterocycles. The summed E-state index contributed by atoms with van der Waals surface area (Å²) in [7, 11) is 0. The molecule has 0 aromatic heterocycles. The fourth-order valence-electron chi connectivity index (χ4n) is 4.86. The number of halogens is 2. The van der Waals surface area contributed by atoms with E-state index in [0.29, 0.717) is 17.4 Å². The lowest BCUT2D eigenvalue weighted by molar-refractivity contribution is -0.159. The number of alkyl halides is 1. The molecule has 27 heavy (non-hydrogen) atoms. The molecule has 1 aromatic rings. The van der Waals surface area contributed by atoms with Crippen molar-refractivity contribution in [1.82, 2.24) is 0 Å². The molecule has 0 aliphatic heterocycles. The molecule has 2 aliphatic carbocycles. The number of esters is 1. The first-order valence-electron chi connectivity index (χ1n) is 10.7. The van der Waals surface area contributed by atoms with Gasteiger partial charge in [0.05, 0.1) is 12.1 Å². The van der Waals surface area contributed by atoms with E-state index in [1.165, 1.54) is 6.42 Å². The highest BCUT2D eigenvalue weighted by Crippen LogP contribution is 2.42. The standard InChI is InChI=1S/C23H32ClFO2/c24-20-11-9-19(10-12-20)23(15-3-1-4-16-23)22(26)27-21-13-7-18(8-14-21)6-2-5-17-25/h9-12,18,21H,1-8,13-17H2. The molecule has 1 aromatic carbocycles. The van der Waals surface area contributed by atoms with Crippen LogP contribution < -0.4 is 0 Å². The van der Waals surface area contributed by atoms with Gasteiger partial charge in [-0.3, -0.25) is 9.18 Å². The predicted molar refractivity (Wildman–Crippen MR) is 108 cm³/mol. The summed E-state index contributed by atoms with van der Waals surface area (Å²) in [5, 5.41) is 0.698. The third kappa shape index (κ3) is 5.25. The first-order chi connectivity index (χ1) is 13.1. The van der Waals surface area contributed by atoms with E-state index in [-0.39, 0.29) is 18.7 Å². The van der Waals surface area contributed by atoms with E-state index in [2.05, 4.69) is 0 Å². The smallest absolute Gasteiger partial charge is 0.316 e. The Labute approximate surface area is 167 Å². The molecule has 0 atom stereocenters. The summed E-state index contributed by atoms with van der Waals surface area (Å²) in [6, 6.07) is 7.75. The molecule has 0 spiro atoms. The van der Waals surface area contributed by atoms with Gasteiger partial charge in [-0.05, 0) is 68.6 Å². The Morgan fingerprint density at radius 1 is 1.04 bits per heavy atom. The molecule has 2 saturated carbocycles. The molecular formula is C23H32ClFO2. The van der Waals surface area contributed by atoms with Crippen LogP contribution in [0.5, 0.6) is 0 Å². The van der Waals surface area contributed by atoms with Crippen LogP contribution in [0.15, 0.2) is 24.3 Å². The van der Waals surface area contributed by atoms with Crippen molar-refractivity contribution in [3.8, 4) is 0 Å². The van der Waals surface area contributed by atoms with Gasteiger partial charge in [-0.15, -0.1) is 0 Å². The van der Waals surface area contributed by atoms with Gasteiger partial charge in [0.1, 0.15) is 6.10 Å². The summed E-state index contributed by atoms with van der Waals surface area (Å²) in [6.07, 6.45) is 12.0. The van der Waals surface area contributed by atoms with Gasteiger partial charge in [0.2, 0.25) is 0 Å². The third-order valence-corrected chi connectivity index (χ3v) is 6.81. The van der Waals surface area contributed by atoms with Crippen molar-refractivity contribution in [3.05, 3.63) is 34.9 Å². The highest BCUT2D eigenvalue weighted by atomic mass is 35.5. The van der Waals surface area contributed by atoms with Crippen LogP contribution in [0.3, 0.4) is 0 Å². The van der Waals surface area contributed by atoms with Crippen LogP contribution >= 0.6 is 11.6 Å². The number of ether oxygens (including phenoxy) is 1. The Balaban J connectivity index is 1.60. The highest BCUT2D eigenvalue weighted by Gasteiger charge is 2.43. The fourth-order valence-corrected chi connectivity index (χ4v) is 4.99. The molecule has 4 heteroatoms. The van der Waals surface area contributed by atoms with E-state index < -0.39 is 5.41 Å². The van der Waals surface area contributed by atoms with Crippen LogP contribution in [0.1, 0.15) is 82.6 Å². The Morgan fingerprint density at radius 2 is 1.70 bits per heavy atom. The summed E-state index contributed by atoms with van der Waals surface area (Å²) in [6.45, 7) is -0.209. The van der Waals surface area contributed by atoms with Gasteiger partial charge in [-0.25, -0.2) is 0 Å². The van der Waals surface area contributed by atoms with Crippen LogP contribution in [-0.2, 0) is 14.9 Å². The van der Waals surface area contributed by atoms with Gasteiger partial charge >= 0.3 is 5.97 Å². The van der Waals surface area contributed by atoms with Crippen LogP contribution in [0, 0.1) is 5.92 Å². The maximum absolute atomic E-state index is 13.3. The van der Waals surface area contributed by atoms with E-state index in [1.807, 2.05) is 24.3 Å². The van der Waals surface area contributed by atoms with Crippen molar-refractivity contribution in [3.63, 3.8) is 0 Å². The van der Waals surface area contributed by atoms with Gasteiger partial charge < -0.3 is 4.74 Å². The molecule has 0 radical (unpaired) electrons. The summed E-state index contributed by atoms with van der Waals surface area (Å²) >= 11 is 6.05. The minimum Gasteiger partial charge on any atom is -0.462 e. The Bertz CT molecular complexity index is 587. The van der Waals surface area contributed by atoms with E-state index >= 15 is 0 Å². The fraction of sp³-hybridized carbons (Fsp3) is 0.696. The monoisotopic (exact) mass is 394 g/mol. The Morgan fingerprint density at radius 3 is 2.33 bits per heavy atom. The van der Waals surface area contributed by atoms with Crippen molar-refractivity contribution in [2.75, 3.05) is 6.67 Å². The van der Waals surface area contributed by atoms with Gasteiger partial charge in [-0.2, -0.15) is 0 Å². The van der Waals surface area contributed by atoms with Crippen molar-refractivity contribution in [2.24, 2.45) is 5.92 Å². The number of carbonyl (C=O) groups is 1. The lowest BCUT2D eigenvalue weighted by Crippen LogP contribution is -2.41. The van der Waals surface area contributed by atoms with Gasteiger partial charge in [-0.1, -0.05) is 55.8 Å². The zero-order chi connectivity index (χ0) is 19.1. The molecule has 150 valence electrons. The average Bonchev–Trinajstić information content (AvgIpc) is 2.70. The van der Waals surface area contributed by atoms with Crippen LogP contribution in [-0.4, -0.2) is 18.7 Å². The number of carbonyl (C=O) groups excluding carboxylic acids is 1. The Hall–Kier alpha value is -1.09. The Kier molecular flexibility index (Phi) is 7.57. The van der Waals surface area contributed by atoms with E-state index in [1.54, 1.807) is 0 Å². The molecule has 2 fully saturated rings. The highest BCUT2D eigenvalue weighted by molar-refractivity contribution is 6.30. The summed E-state index contributed by atoms with van der Waals surface area (Å²) in [5.41, 5.74) is 0.553. The van der Waals surface area contributed by atoms with Crippen molar-refractivity contribution in [2.45, 2.75) is 88.6 Å². The lowest BCUT2D eigenvalue weighted by Gasteiger charge is -2.38. The molecule has 0 N–H and O–H groups in total. The van der Waals surface area contributed by atoms with Crippen LogP contribution in [0.25, 0.3) is 0 Å². The van der Waals surface area contributed by atoms with Gasteiger partial charge in [0.25, 0.3) is 0 Å². The first kappa shape index (κ1) is 20.6. The number of unbranched alkanes of at least 4 members (excludes halogenated alkanes) is 1. The number of hydrogen-bond donors (Lipinski definition) is 0. The molecule has 0 unspecified atom stereocenters. The average molecular weight is 395 g/mol. The van der Waals surface area contributed by atoms with Gasteiger partial charge in [0.15, 0.2) is 0 Å². The first-order valence-corrected chi connectivity index (χ1v) is 11.0. The normalized spacial score (nSPS) is 25.1. The molecule has 2 nitrogen and oxygen atoms in total. The van der Waals surface area contributed by atoms with E-state index in [4.69, 9.17) is 16.3 Å². The topological polar surface area (TPSA) is 26.3 Å². The molecule has 3 rings (SSSR count). The quantitative estimate of drug-likeness (QED) is 0.376. The number of hydrogen-bond acceptors (Lipinski definition) is 2. The van der Waals surface area contributed by atoms with E-state index in [9.17, 15) is 9.18 Å². The summed E-state index contributed by atoms with van der Waals surface area (Å²) in [5.74, 6) is 0.636. The third-order valence-electron chi connectivity index (χ3n) is 6.56. The molecule has 0 amide bonds. The van der Waals surface area contributed by atoms with Crippen LogP contribution in [0.2, 0.25) is 5.02 Å². The molecular weight excluding hydrogens is 363 g/mol. The second-order valence-electron chi connectivity index (χ2n) is 8.38. The van der Waals surface area contributed by atoms with E-state index in [0.717, 1.165) is 69.8 Å². The van der Waals surface area contributed by atoms with Crippen molar-refractivity contribution < 1.29 is 13.9 Å². The SMILES string of the molecule is O=C(OC1CCC(CCCCF)CC1)C1(c2ccc(Cl)cc2)CCCCC1. The zero-order valence-electron chi connectivity index (χ0n) is 16.2. The number of benzene rings is 1. The largest absolute Gasteiger partial charge is 0.462 e. The minimum atomic E-state index is -0.499. The molecule has 0 heterocycles. The molecule has 2 aliphatic rings.